The van der Waals surface area contributed by atoms with E-state index in [1.807, 2.05) is 13.8 Å². The predicted octanol–water partition coefficient (Wildman–Crippen LogP) is 2.94. The van der Waals surface area contributed by atoms with Crippen molar-refractivity contribution in [3.63, 3.8) is 0 Å². The topological polar surface area (TPSA) is 87.7 Å². The highest BCUT2D eigenvalue weighted by atomic mass is 19.1. The standard InChI is InChI=1S/C18H19FN4O2/c1-17(2)10-5-6-18(17,14(24)7-10)16(25)22-11-3-4-13(19)12(8-11)15-20-9-21-23-15/h3-4,8-10H,5-7H2,1-2H3,(H,22,25)(H,20,21,23). The lowest BCUT2D eigenvalue weighted by atomic mass is 9.68. The average Bonchev–Trinajstić information content (AvgIpc) is 3.22. The van der Waals surface area contributed by atoms with E-state index in [4.69, 9.17) is 0 Å². The zero-order valence-electron chi connectivity index (χ0n) is 14.1. The van der Waals surface area contributed by atoms with Crippen molar-refractivity contribution in [1.29, 1.82) is 0 Å². The molecule has 1 aromatic heterocycles. The summed E-state index contributed by atoms with van der Waals surface area (Å²) in [5.74, 6) is -0.207. The number of rotatable bonds is 3. The van der Waals surface area contributed by atoms with E-state index in [2.05, 4.69) is 20.5 Å². The Bertz CT molecular complexity index is 862. The van der Waals surface area contributed by atoms with Crippen LogP contribution in [-0.2, 0) is 9.59 Å². The van der Waals surface area contributed by atoms with E-state index in [1.54, 1.807) is 0 Å². The van der Waals surface area contributed by atoms with E-state index in [0.717, 1.165) is 6.42 Å². The molecule has 0 radical (unpaired) electrons. The van der Waals surface area contributed by atoms with E-state index >= 15 is 0 Å². The monoisotopic (exact) mass is 342 g/mol. The molecular weight excluding hydrogens is 323 g/mol. The third-order valence-electron chi connectivity index (χ3n) is 6.18. The van der Waals surface area contributed by atoms with Crippen LogP contribution in [0.2, 0.25) is 0 Å². The van der Waals surface area contributed by atoms with Gasteiger partial charge in [0, 0.05) is 12.1 Å². The quantitative estimate of drug-likeness (QED) is 0.840. The predicted molar refractivity (Wildman–Crippen MR) is 89.0 cm³/mol. The molecule has 2 saturated carbocycles. The molecule has 25 heavy (non-hydrogen) atoms. The minimum atomic E-state index is -0.988. The second-order valence-corrected chi connectivity index (χ2v) is 7.47. The van der Waals surface area contributed by atoms with Gasteiger partial charge in [0.25, 0.3) is 0 Å². The van der Waals surface area contributed by atoms with Gasteiger partial charge in [0.2, 0.25) is 5.91 Å². The number of hydrogen-bond acceptors (Lipinski definition) is 4. The Kier molecular flexibility index (Phi) is 3.32. The summed E-state index contributed by atoms with van der Waals surface area (Å²) < 4.78 is 14.0. The van der Waals surface area contributed by atoms with Gasteiger partial charge >= 0.3 is 0 Å². The van der Waals surface area contributed by atoms with Gasteiger partial charge in [-0.2, -0.15) is 5.10 Å². The fourth-order valence-electron chi connectivity index (χ4n) is 4.57. The van der Waals surface area contributed by atoms with E-state index in [9.17, 15) is 14.0 Å². The van der Waals surface area contributed by atoms with Gasteiger partial charge in [-0.25, -0.2) is 9.37 Å². The lowest BCUT2D eigenvalue weighted by molar-refractivity contribution is -0.141. The van der Waals surface area contributed by atoms with Crippen molar-refractivity contribution in [2.45, 2.75) is 33.1 Å². The first-order valence-electron chi connectivity index (χ1n) is 8.36. The van der Waals surface area contributed by atoms with Crippen molar-refractivity contribution in [1.82, 2.24) is 15.2 Å². The van der Waals surface area contributed by atoms with Crippen LogP contribution in [0.1, 0.15) is 33.1 Å². The van der Waals surface area contributed by atoms with Crippen LogP contribution in [0, 0.1) is 22.6 Å². The summed E-state index contributed by atoms with van der Waals surface area (Å²) in [6, 6.07) is 4.26. The van der Waals surface area contributed by atoms with Gasteiger partial charge in [0.05, 0.1) is 5.56 Å². The molecule has 2 atom stereocenters. The smallest absolute Gasteiger partial charge is 0.238 e. The van der Waals surface area contributed by atoms with E-state index in [0.29, 0.717) is 18.5 Å². The maximum atomic E-state index is 14.0. The Morgan fingerprint density at radius 3 is 2.80 bits per heavy atom. The van der Waals surface area contributed by atoms with Crippen molar-refractivity contribution >= 4 is 17.4 Å². The summed E-state index contributed by atoms with van der Waals surface area (Å²) >= 11 is 0. The number of nitrogens with one attached hydrogen (secondary N) is 2. The molecule has 2 N–H and O–H groups in total. The van der Waals surface area contributed by atoms with Crippen LogP contribution in [0.15, 0.2) is 24.5 Å². The van der Waals surface area contributed by atoms with Crippen molar-refractivity contribution in [3.8, 4) is 11.4 Å². The number of carbonyl (C=O) groups excluding carboxylic acids is 2. The molecule has 2 fully saturated rings. The first-order valence-corrected chi connectivity index (χ1v) is 8.36. The first kappa shape index (κ1) is 15.9. The second-order valence-electron chi connectivity index (χ2n) is 7.47. The zero-order chi connectivity index (χ0) is 17.8. The van der Waals surface area contributed by atoms with Crippen molar-refractivity contribution in [2.24, 2.45) is 16.7 Å². The number of halogens is 1. The average molecular weight is 342 g/mol. The molecule has 1 aromatic carbocycles. The Morgan fingerprint density at radius 2 is 2.20 bits per heavy atom. The fraction of sp³-hybridized carbons (Fsp3) is 0.444. The third-order valence-corrected chi connectivity index (χ3v) is 6.18. The lowest BCUT2D eigenvalue weighted by Crippen LogP contribution is -2.46. The molecule has 2 aromatic rings. The number of aromatic nitrogens is 3. The Hall–Kier alpha value is -2.57. The summed E-state index contributed by atoms with van der Waals surface area (Å²) in [5.41, 5.74) is -0.694. The minimum Gasteiger partial charge on any atom is -0.325 e. The van der Waals surface area contributed by atoms with Crippen LogP contribution in [0.4, 0.5) is 10.1 Å². The maximum absolute atomic E-state index is 14.0. The van der Waals surface area contributed by atoms with Gasteiger partial charge < -0.3 is 5.32 Å². The van der Waals surface area contributed by atoms with Gasteiger partial charge in [-0.1, -0.05) is 13.8 Å². The van der Waals surface area contributed by atoms with E-state index in [1.165, 1.54) is 24.5 Å². The van der Waals surface area contributed by atoms with E-state index in [-0.39, 0.29) is 34.4 Å². The highest BCUT2D eigenvalue weighted by Gasteiger charge is 2.68. The molecular formula is C18H19FN4O2. The number of fused-ring (bicyclic) bond motifs is 2. The third kappa shape index (κ3) is 2.08. The van der Waals surface area contributed by atoms with Crippen LogP contribution >= 0.6 is 0 Å². The molecule has 1 heterocycles. The van der Waals surface area contributed by atoms with Crippen LogP contribution in [-0.4, -0.2) is 26.9 Å². The number of anilines is 1. The highest BCUT2D eigenvalue weighted by molar-refractivity contribution is 6.14. The van der Waals surface area contributed by atoms with Gasteiger partial charge in [0.15, 0.2) is 5.82 Å². The van der Waals surface area contributed by atoms with E-state index < -0.39 is 11.2 Å². The number of aromatic amines is 1. The van der Waals surface area contributed by atoms with Crippen LogP contribution in [0.5, 0.6) is 0 Å². The molecule has 2 unspecified atom stereocenters. The normalized spacial score (nSPS) is 26.8. The molecule has 6 nitrogen and oxygen atoms in total. The Balaban J connectivity index is 1.66. The number of nitrogens with zero attached hydrogens (tertiary/aromatic N) is 2. The molecule has 2 bridgehead atoms. The zero-order valence-corrected chi connectivity index (χ0v) is 14.1. The molecule has 130 valence electrons. The molecule has 2 aliphatic carbocycles. The molecule has 2 aliphatic rings. The number of H-pyrrole nitrogens is 1. The highest BCUT2D eigenvalue weighted by Crippen LogP contribution is 2.64. The maximum Gasteiger partial charge on any atom is 0.238 e. The van der Waals surface area contributed by atoms with Crippen LogP contribution in [0.3, 0.4) is 0 Å². The largest absolute Gasteiger partial charge is 0.325 e. The number of carbonyl (C=O) groups is 2. The van der Waals surface area contributed by atoms with Crippen molar-refractivity contribution in [3.05, 3.63) is 30.3 Å². The lowest BCUT2D eigenvalue weighted by Gasteiger charge is -2.34. The Morgan fingerprint density at radius 1 is 1.40 bits per heavy atom. The Labute approximate surface area is 144 Å². The van der Waals surface area contributed by atoms with Gasteiger partial charge in [-0.3, -0.25) is 14.7 Å². The summed E-state index contributed by atoms with van der Waals surface area (Å²) in [6.07, 6.45) is 3.22. The second kappa shape index (κ2) is 5.21. The van der Waals surface area contributed by atoms with Crippen molar-refractivity contribution < 1.29 is 14.0 Å². The molecule has 7 heteroatoms. The molecule has 4 rings (SSSR count). The SMILES string of the molecule is CC1(C)C2CCC1(C(=O)Nc1ccc(F)c(-c3ncn[nH]3)c1)C(=O)C2. The summed E-state index contributed by atoms with van der Waals surface area (Å²) in [7, 11) is 0. The van der Waals surface area contributed by atoms with Crippen molar-refractivity contribution in [2.75, 3.05) is 5.32 Å². The van der Waals surface area contributed by atoms with Gasteiger partial charge in [-0.05, 0) is 42.4 Å². The number of Topliss-reactive ketones (excluding diaryl/α,β-unsaturated/α-hetero) is 1. The summed E-state index contributed by atoms with van der Waals surface area (Å²) in [5, 5.41) is 9.15. The molecule has 0 aliphatic heterocycles. The fourth-order valence-corrected chi connectivity index (χ4v) is 4.57. The van der Waals surface area contributed by atoms with Crippen LogP contribution < -0.4 is 5.32 Å². The summed E-state index contributed by atoms with van der Waals surface area (Å²) in [6.45, 7) is 4.00. The number of ketones is 1. The number of amides is 1. The molecule has 0 saturated heterocycles. The molecule has 1 amide bonds. The minimum absolute atomic E-state index is 0.0174. The summed E-state index contributed by atoms with van der Waals surface area (Å²) in [4.78, 5) is 29.6. The van der Waals surface area contributed by atoms with Crippen LogP contribution in [0.25, 0.3) is 11.4 Å². The first-order chi connectivity index (χ1) is 11.9. The molecule has 0 spiro atoms. The number of benzene rings is 1. The number of hydrogen-bond donors (Lipinski definition) is 2. The van der Waals surface area contributed by atoms with Gasteiger partial charge in [-0.15, -0.1) is 0 Å². The van der Waals surface area contributed by atoms with Gasteiger partial charge in [0.1, 0.15) is 23.3 Å².